The van der Waals surface area contributed by atoms with Gasteiger partial charge in [-0.2, -0.15) is 0 Å². The minimum atomic E-state index is -0.829. The number of amides is 3. The van der Waals surface area contributed by atoms with Crippen LogP contribution in [-0.4, -0.2) is 52.0 Å². The summed E-state index contributed by atoms with van der Waals surface area (Å²) < 4.78 is 19.6. The van der Waals surface area contributed by atoms with Crippen molar-refractivity contribution in [3.8, 4) is 11.5 Å². The molecule has 1 aliphatic heterocycles. The zero-order chi connectivity index (χ0) is 31.9. The largest absolute Gasteiger partial charge is 0.494 e. The summed E-state index contributed by atoms with van der Waals surface area (Å²) in [6, 6.07) is 12.5. The van der Waals surface area contributed by atoms with Crippen molar-refractivity contribution in [2.75, 3.05) is 13.7 Å². The third kappa shape index (κ3) is 8.20. The molecule has 3 amide bonds. The minimum Gasteiger partial charge on any atom is -0.494 e. The van der Waals surface area contributed by atoms with Gasteiger partial charge in [-0.1, -0.05) is 23.7 Å². The number of ether oxygens (including phenoxy) is 3. The molecule has 2 aromatic heterocycles. The van der Waals surface area contributed by atoms with E-state index in [9.17, 15) is 14.4 Å². The molecule has 1 aliphatic rings. The Bertz CT molecular complexity index is 1550. The van der Waals surface area contributed by atoms with Crippen LogP contribution in [0.2, 0.25) is 5.02 Å². The molecule has 0 fully saturated rings. The number of hydrogen-bond acceptors (Lipinski definition) is 10. The van der Waals surface area contributed by atoms with Gasteiger partial charge in [0, 0.05) is 43.2 Å². The van der Waals surface area contributed by atoms with Crippen molar-refractivity contribution in [2.24, 2.45) is 0 Å². The molecule has 4 rings (SSSR count). The maximum absolute atomic E-state index is 13.6. The summed E-state index contributed by atoms with van der Waals surface area (Å²) in [4.78, 5) is 50.1. The van der Waals surface area contributed by atoms with Gasteiger partial charge < -0.3 is 19.5 Å². The molecule has 0 spiro atoms. The van der Waals surface area contributed by atoms with Crippen LogP contribution in [0.1, 0.15) is 51.5 Å². The first-order valence-electron chi connectivity index (χ1n) is 13.8. The summed E-state index contributed by atoms with van der Waals surface area (Å²) in [5.74, 6) is -0.583. The van der Waals surface area contributed by atoms with Crippen LogP contribution in [0.4, 0.5) is 4.79 Å². The van der Waals surface area contributed by atoms with Crippen LogP contribution in [0.15, 0.2) is 77.2 Å². The summed E-state index contributed by atoms with van der Waals surface area (Å²) in [5.41, 5.74) is 0.826. The number of nitrogens with one attached hydrogen (secondary N) is 2. The number of hydrogen-bond donors (Lipinski definition) is 2. The van der Waals surface area contributed by atoms with Crippen molar-refractivity contribution in [2.45, 2.75) is 57.3 Å². The fourth-order valence-electron chi connectivity index (χ4n) is 4.27. The quantitative estimate of drug-likeness (QED) is 0.213. The Kier molecular flexibility index (Phi) is 10.7. The third-order valence-corrected chi connectivity index (χ3v) is 7.47. The molecule has 3 aromatic rings. The van der Waals surface area contributed by atoms with Crippen molar-refractivity contribution < 1.29 is 28.6 Å². The van der Waals surface area contributed by atoms with Gasteiger partial charge in [-0.3, -0.25) is 24.3 Å². The van der Waals surface area contributed by atoms with Crippen LogP contribution in [0, 0.1) is 0 Å². The minimum absolute atomic E-state index is 0.0263. The zero-order valence-corrected chi connectivity index (χ0v) is 26.6. The van der Waals surface area contributed by atoms with Crippen LogP contribution in [-0.2, 0) is 20.9 Å². The average molecular weight is 640 g/mol. The predicted molar refractivity (Wildman–Crippen MR) is 166 cm³/mol. The number of rotatable bonds is 10. The summed E-state index contributed by atoms with van der Waals surface area (Å²) in [6.07, 6.45) is 3.95. The maximum atomic E-state index is 13.6. The number of aromatic nitrogens is 2. The molecule has 0 unspecified atom stereocenters. The highest BCUT2D eigenvalue weighted by molar-refractivity contribution is 7.98. The maximum Gasteiger partial charge on any atom is 0.417 e. The van der Waals surface area contributed by atoms with E-state index >= 15 is 0 Å². The van der Waals surface area contributed by atoms with E-state index in [1.54, 1.807) is 63.6 Å². The standard InChI is InChI=1S/C31H34ClN5O6S/c1-19(22-10-6-7-14-34-22)42-24-18-33-15-12-20(24)17-35-23-13-16-37(30(40)43-31(2,3)4)29(39)26(23)28(38)36-44-25-11-8-9-21(32)27(25)41-5/h6-12,14-15,18-19,35H,13,16-17H2,1-5H3,(H,36,38)/t19-/m0/s1. The number of nitrogens with zero attached hydrogens (tertiary/aromatic N) is 3. The number of benzene rings is 1. The lowest BCUT2D eigenvalue weighted by molar-refractivity contribution is -0.130. The van der Waals surface area contributed by atoms with Crippen molar-refractivity contribution in [3.05, 3.63) is 88.6 Å². The Balaban J connectivity index is 1.58. The Hall–Kier alpha value is -4.29. The highest BCUT2D eigenvalue weighted by Crippen LogP contribution is 2.34. The number of methoxy groups -OCH3 is 1. The van der Waals surface area contributed by atoms with Gasteiger partial charge in [-0.15, -0.1) is 0 Å². The summed E-state index contributed by atoms with van der Waals surface area (Å²) in [7, 11) is 1.47. The van der Waals surface area contributed by atoms with Crippen LogP contribution in [0.5, 0.6) is 11.5 Å². The number of halogens is 1. The summed E-state index contributed by atoms with van der Waals surface area (Å²) in [5, 5.41) is 3.60. The molecular formula is C31H34ClN5O6S. The molecule has 44 heavy (non-hydrogen) atoms. The second-order valence-corrected chi connectivity index (χ2v) is 12.0. The van der Waals surface area contributed by atoms with E-state index in [2.05, 4.69) is 20.0 Å². The normalized spacial score (nSPS) is 14.1. The highest BCUT2D eigenvalue weighted by atomic mass is 35.5. The predicted octanol–water partition coefficient (Wildman–Crippen LogP) is 5.61. The average Bonchev–Trinajstić information content (AvgIpc) is 2.99. The van der Waals surface area contributed by atoms with Gasteiger partial charge in [0.25, 0.3) is 11.8 Å². The summed E-state index contributed by atoms with van der Waals surface area (Å²) in [6.45, 7) is 7.23. The van der Waals surface area contributed by atoms with Crippen molar-refractivity contribution in [1.82, 2.24) is 24.9 Å². The van der Waals surface area contributed by atoms with Gasteiger partial charge in [-0.05, 0) is 70.0 Å². The molecule has 1 aromatic carbocycles. The number of carbonyl (C=O) groups is 3. The molecule has 0 aliphatic carbocycles. The fraction of sp³-hybridized carbons (Fsp3) is 0.323. The first kappa shape index (κ1) is 32.6. The SMILES string of the molecule is COc1c(Cl)cccc1SNC(=O)C1=C(NCc2ccncc2O[C@@H](C)c2ccccn2)CCN(C(=O)OC(C)(C)C)C1=O. The number of pyridine rings is 2. The van der Waals surface area contributed by atoms with Gasteiger partial charge in [-0.25, -0.2) is 9.69 Å². The second-order valence-electron chi connectivity index (χ2n) is 10.7. The van der Waals surface area contributed by atoms with E-state index < -0.39 is 23.5 Å². The first-order valence-corrected chi connectivity index (χ1v) is 15.0. The van der Waals surface area contributed by atoms with Crippen molar-refractivity contribution in [3.63, 3.8) is 0 Å². The molecule has 0 bridgehead atoms. The summed E-state index contributed by atoms with van der Waals surface area (Å²) >= 11 is 7.17. The molecule has 232 valence electrons. The lowest BCUT2D eigenvalue weighted by Gasteiger charge is -2.31. The van der Waals surface area contributed by atoms with E-state index in [1.807, 2.05) is 25.1 Å². The van der Waals surface area contributed by atoms with Gasteiger partial charge >= 0.3 is 6.09 Å². The lowest BCUT2D eigenvalue weighted by atomic mass is 10.0. The zero-order valence-electron chi connectivity index (χ0n) is 25.0. The van der Waals surface area contributed by atoms with Crippen LogP contribution >= 0.6 is 23.5 Å². The van der Waals surface area contributed by atoms with Gasteiger partial charge in [0.2, 0.25) is 0 Å². The Morgan fingerprint density at radius 2 is 1.93 bits per heavy atom. The fourth-order valence-corrected chi connectivity index (χ4v) is 5.31. The topological polar surface area (TPSA) is 132 Å². The molecule has 1 atom stereocenters. The van der Waals surface area contributed by atoms with E-state index in [1.165, 1.54) is 7.11 Å². The van der Waals surface area contributed by atoms with E-state index in [0.29, 0.717) is 27.1 Å². The molecule has 0 saturated carbocycles. The second kappa shape index (κ2) is 14.5. The molecule has 13 heteroatoms. The Morgan fingerprint density at radius 3 is 2.64 bits per heavy atom. The molecule has 11 nitrogen and oxygen atoms in total. The van der Waals surface area contributed by atoms with Crippen molar-refractivity contribution in [1.29, 1.82) is 0 Å². The van der Waals surface area contributed by atoms with Crippen LogP contribution in [0.25, 0.3) is 0 Å². The first-order chi connectivity index (χ1) is 21.0. The molecule has 2 N–H and O–H groups in total. The number of carbonyl (C=O) groups excluding carboxylic acids is 3. The van der Waals surface area contributed by atoms with Gasteiger partial charge in [0.15, 0.2) is 5.75 Å². The van der Waals surface area contributed by atoms with E-state index in [-0.39, 0.29) is 31.2 Å². The van der Waals surface area contributed by atoms with Crippen LogP contribution < -0.4 is 19.5 Å². The van der Waals surface area contributed by atoms with Gasteiger partial charge in [0.05, 0.1) is 28.9 Å². The Morgan fingerprint density at radius 1 is 1.14 bits per heavy atom. The van der Waals surface area contributed by atoms with Crippen molar-refractivity contribution >= 4 is 41.5 Å². The monoisotopic (exact) mass is 639 g/mol. The smallest absolute Gasteiger partial charge is 0.417 e. The van der Waals surface area contributed by atoms with Gasteiger partial charge in [0.1, 0.15) is 23.0 Å². The number of imide groups is 1. The molecule has 0 radical (unpaired) electrons. The van der Waals surface area contributed by atoms with E-state index in [0.717, 1.165) is 28.1 Å². The molecular weight excluding hydrogens is 606 g/mol. The third-order valence-electron chi connectivity index (χ3n) is 6.35. The lowest BCUT2D eigenvalue weighted by Crippen LogP contribution is -2.48. The Labute approximate surface area is 265 Å². The van der Waals surface area contributed by atoms with E-state index in [4.69, 9.17) is 25.8 Å². The van der Waals surface area contributed by atoms with Crippen LogP contribution in [0.3, 0.4) is 0 Å². The number of para-hydroxylation sites is 1. The molecule has 0 saturated heterocycles. The highest BCUT2D eigenvalue weighted by Gasteiger charge is 2.37. The molecule has 3 heterocycles.